The van der Waals surface area contributed by atoms with E-state index in [0.29, 0.717) is 10.7 Å². The first kappa shape index (κ1) is 15.8. The van der Waals surface area contributed by atoms with Crippen LogP contribution in [0.3, 0.4) is 0 Å². The highest BCUT2D eigenvalue weighted by atomic mass is 35.5. The number of sulfone groups is 1. The van der Waals surface area contributed by atoms with Gasteiger partial charge in [-0.3, -0.25) is 4.72 Å². The number of halogens is 1. The maximum atomic E-state index is 12.2. The quantitative estimate of drug-likeness (QED) is 0.923. The van der Waals surface area contributed by atoms with Gasteiger partial charge in [0.1, 0.15) is 0 Å². The maximum absolute atomic E-state index is 12.2. The second kappa shape index (κ2) is 5.67. The fourth-order valence-corrected chi connectivity index (χ4v) is 3.50. The highest BCUT2D eigenvalue weighted by Gasteiger charge is 2.15. The minimum atomic E-state index is -3.80. The lowest BCUT2D eigenvalue weighted by Crippen LogP contribution is -2.13. The summed E-state index contributed by atoms with van der Waals surface area (Å²) in [6.45, 7) is 0. The van der Waals surface area contributed by atoms with Crippen LogP contribution in [-0.4, -0.2) is 23.1 Å². The van der Waals surface area contributed by atoms with Gasteiger partial charge in [0.2, 0.25) is 0 Å². The van der Waals surface area contributed by atoms with Gasteiger partial charge in [-0.2, -0.15) is 0 Å². The third-order valence-corrected chi connectivity index (χ3v) is 5.40. The zero-order valence-corrected chi connectivity index (χ0v) is 13.3. The van der Waals surface area contributed by atoms with E-state index in [1.165, 1.54) is 30.3 Å². The van der Waals surface area contributed by atoms with Crippen molar-refractivity contribution in [2.75, 3.05) is 11.0 Å². The van der Waals surface area contributed by atoms with Crippen LogP contribution < -0.4 is 4.72 Å². The number of sulfonamides is 1. The number of hydrogen-bond acceptors (Lipinski definition) is 4. The van der Waals surface area contributed by atoms with Crippen LogP contribution in [0, 0.1) is 0 Å². The number of hydrogen-bond donors (Lipinski definition) is 1. The molecular formula is C13H12ClNO4S2. The average Bonchev–Trinajstić information content (AvgIpc) is 2.37. The minimum Gasteiger partial charge on any atom is -0.280 e. The summed E-state index contributed by atoms with van der Waals surface area (Å²) in [6.07, 6.45) is 1.06. The third-order valence-electron chi connectivity index (χ3n) is 2.64. The molecule has 2 aromatic carbocycles. The number of nitrogens with one attached hydrogen (secondary N) is 1. The van der Waals surface area contributed by atoms with Gasteiger partial charge in [-0.15, -0.1) is 0 Å². The Labute approximate surface area is 128 Å². The Morgan fingerprint density at radius 2 is 1.48 bits per heavy atom. The Balaban J connectivity index is 2.32. The first-order valence-corrected chi connectivity index (χ1v) is 9.52. The Kier molecular flexibility index (Phi) is 4.27. The van der Waals surface area contributed by atoms with Gasteiger partial charge in [0, 0.05) is 11.3 Å². The molecule has 112 valence electrons. The SMILES string of the molecule is CS(=O)(=O)c1ccc(S(=O)(=O)Nc2cccc(Cl)c2)cc1. The van der Waals surface area contributed by atoms with Crippen molar-refractivity contribution in [2.24, 2.45) is 0 Å². The predicted octanol–water partition coefficient (Wildman–Crippen LogP) is 2.54. The molecule has 0 saturated heterocycles. The lowest BCUT2D eigenvalue weighted by atomic mass is 10.3. The molecule has 0 aromatic heterocycles. The maximum Gasteiger partial charge on any atom is 0.261 e. The van der Waals surface area contributed by atoms with Crippen molar-refractivity contribution >= 4 is 37.1 Å². The molecule has 0 heterocycles. The molecule has 0 atom stereocenters. The van der Waals surface area contributed by atoms with Crippen LogP contribution in [0.15, 0.2) is 58.3 Å². The molecule has 0 aliphatic rings. The van der Waals surface area contributed by atoms with E-state index < -0.39 is 19.9 Å². The number of benzene rings is 2. The molecule has 0 aliphatic heterocycles. The summed E-state index contributed by atoms with van der Waals surface area (Å²) in [5.74, 6) is 0. The highest BCUT2D eigenvalue weighted by molar-refractivity contribution is 7.92. The van der Waals surface area contributed by atoms with Crippen LogP contribution in [0.4, 0.5) is 5.69 Å². The Bertz CT molecular complexity index is 859. The molecule has 0 saturated carbocycles. The summed E-state index contributed by atoms with van der Waals surface area (Å²) in [7, 11) is -7.16. The molecule has 0 unspecified atom stereocenters. The molecule has 0 spiro atoms. The van der Waals surface area contributed by atoms with Crippen molar-refractivity contribution < 1.29 is 16.8 Å². The van der Waals surface area contributed by atoms with Gasteiger partial charge < -0.3 is 0 Å². The van der Waals surface area contributed by atoms with E-state index in [0.717, 1.165) is 6.26 Å². The molecule has 0 bridgehead atoms. The van der Waals surface area contributed by atoms with Crippen molar-refractivity contribution in [3.05, 3.63) is 53.6 Å². The first-order chi connectivity index (χ1) is 9.68. The molecular weight excluding hydrogens is 334 g/mol. The zero-order chi connectivity index (χ0) is 15.7. The topological polar surface area (TPSA) is 80.3 Å². The predicted molar refractivity (Wildman–Crippen MR) is 81.8 cm³/mol. The lowest BCUT2D eigenvalue weighted by Gasteiger charge is -2.08. The molecule has 0 amide bonds. The summed E-state index contributed by atoms with van der Waals surface area (Å²) < 4.78 is 49.4. The van der Waals surface area contributed by atoms with Crippen LogP contribution >= 0.6 is 11.6 Å². The molecule has 21 heavy (non-hydrogen) atoms. The number of anilines is 1. The third kappa shape index (κ3) is 3.96. The minimum absolute atomic E-state index is 0.0325. The van der Waals surface area contributed by atoms with E-state index >= 15 is 0 Å². The molecule has 2 aromatic rings. The first-order valence-electron chi connectivity index (χ1n) is 5.77. The molecule has 2 rings (SSSR count). The summed E-state index contributed by atoms with van der Waals surface area (Å²) in [6, 6.07) is 11.3. The van der Waals surface area contributed by atoms with Crippen LogP contribution in [0.5, 0.6) is 0 Å². The van der Waals surface area contributed by atoms with E-state index in [9.17, 15) is 16.8 Å². The molecule has 8 heteroatoms. The van der Waals surface area contributed by atoms with Crippen molar-refractivity contribution in [2.45, 2.75) is 9.79 Å². The van der Waals surface area contributed by atoms with Gasteiger partial charge in [-0.25, -0.2) is 16.8 Å². The van der Waals surface area contributed by atoms with Gasteiger partial charge in [-0.1, -0.05) is 17.7 Å². The van der Waals surface area contributed by atoms with Crippen molar-refractivity contribution in [3.8, 4) is 0 Å². The molecule has 0 fully saturated rings. The summed E-state index contributed by atoms with van der Waals surface area (Å²) >= 11 is 5.79. The van der Waals surface area contributed by atoms with E-state index in [1.54, 1.807) is 18.2 Å². The smallest absolute Gasteiger partial charge is 0.261 e. The Morgan fingerprint density at radius 3 is 2.00 bits per heavy atom. The monoisotopic (exact) mass is 345 g/mol. The van der Waals surface area contributed by atoms with E-state index in [2.05, 4.69) is 4.72 Å². The molecule has 5 nitrogen and oxygen atoms in total. The van der Waals surface area contributed by atoms with Crippen LogP contribution in [0.2, 0.25) is 5.02 Å². The van der Waals surface area contributed by atoms with Crippen LogP contribution in [-0.2, 0) is 19.9 Å². The second-order valence-electron chi connectivity index (χ2n) is 4.36. The van der Waals surface area contributed by atoms with Crippen LogP contribution in [0.25, 0.3) is 0 Å². The second-order valence-corrected chi connectivity index (χ2v) is 8.49. The summed E-state index contributed by atoms with van der Waals surface area (Å²) in [5, 5.41) is 0.405. The largest absolute Gasteiger partial charge is 0.280 e. The summed E-state index contributed by atoms with van der Waals surface area (Å²) in [4.78, 5) is 0.0269. The fourth-order valence-electron chi connectivity index (χ4n) is 1.63. The number of rotatable bonds is 4. The van der Waals surface area contributed by atoms with Crippen molar-refractivity contribution in [1.82, 2.24) is 0 Å². The van der Waals surface area contributed by atoms with Gasteiger partial charge in [0.15, 0.2) is 9.84 Å². The normalized spacial score (nSPS) is 12.1. The van der Waals surface area contributed by atoms with Crippen molar-refractivity contribution in [3.63, 3.8) is 0 Å². The van der Waals surface area contributed by atoms with Gasteiger partial charge in [0.25, 0.3) is 10.0 Å². The average molecular weight is 346 g/mol. The van der Waals surface area contributed by atoms with E-state index in [4.69, 9.17) is 11.6 Å². The molecule has 0 aliphatic carbocycles. The summed E-state index contributed by atoms with van der Waals surface area (Å²) in [5.41, 5.74) is 0.328. The van der Waals surface area contributed by atoms with E-state index in [1.807, 2.05) is 0 Å². The Morgan fingerprint density at radius 1 is 0.905 bits per heavy atom. The lowest BCUT2D eigenvalue weighted by molar-refractivity contribution is 0.597. The van der Waals surface area contributed by atoms with Gasteiger partial charge in [0.05, 0.1) is 15.5 Å². The van der Waals surface area contributed by atoms with Crippen molar-refractivity contribution in [1.29, 1.82) is 0 Å². The van der Waals surface area contributed by atoms with Gasteiger partial charge >= 0.3 is 0 Å². The highest BCUT2D eigenvalue weighted by Crippen LogP contribution is 2.20. The molecule has 1 N–H and O–H groups in total. The van der Waals surface area contributed by atoms with Crippen LogP contribution in [0.1, 0.15) is 0 Å². The molecule has 0 radical (unpaired) electrons. The van der Waals surface area contributed by atoms with E-state index in [-0.39, 0.29) is 9.79 Å². The van der Waals surface area contributed by atoms with Gasteiger partial charge in [-0.05, 0) is 42.5 Å². The standard InChI is InChI=1S/C13H12ClNO4S2/c1-20(16,17)12-5-7-13(8-6-12)21(18,19)15-11-4-2-3-10(14)9-11/h2-9,15H,1H3. The zero-order valence-electron chi connectivity index (χ0n) is 10.9. The fraction of sp³-hybridized carbons (Fsp3) is 0.0769. The Hall–Kier alpha value is -1.57.